The number of aryl methyl sites for hydroxylation is 1. The summed E-state index contributed by atoms with van der Waals surface area (Å²) in [4.78, 5) is 27.7. The number of nitrogens with zero attached hydrogens (tertiary/aromatic N) is 1. The fraction of sp³-hybridized carbons (Fsp3) is 0.440. The molecule has 0 spiro atoms. The molecule has 2 aromatic carbocycles. The molecule has 2 aliphatic rings. The molecule has 0 unspecified atom stereocenters. The summed E-state index contributed by atoms with van der Waals surface area (Å²) in [7, 11) is 0. The number of anilines is 1. The summed E-state index contributed by atoms with van der Waals surface area (Å²) >= 11 is 0. The minimum atomic E-state index is 0.0449. The van der Waals surface area contributed by atoms with E-state index in [4.69, 9.17) is 0 Å². The topological polar surface area (TPSA) is 49.4 Å². The Morgan fingerprint density at radius 2 is 1.59 bits per heavy atom. The molecule has 0 radical (unpaired) electrons. The van der Waals surface area contributed by atoms with Crippen molar-refractivity contribution in [3.05, 3.63) is 65.7 Å². The first-order valence-corrected chi connectivity index (χ1v) is 10.9. The zero-order valence-corrected chi connectivity index (χ0v) is 17.0. The lowest BCUT2D eigenvalue weighted by molar-refractivity contribution is -0.129. The van der Waals surface area contributed by atoms with Crippen LogP contribution in [-0.2, 0) is 22.4 Å². The van der Waals surface area contributed by atoms with Gasteiger partial charge >= 0.3 is 0 Å². The van der Waals surface area contributed by atoms with Crippen LogP contribution in [0.4, 0.5) is 5.69 Å². The molecule has 4 heteroatoms. The van der Waals surface area contributed by atoms with Crippen molar-refractivity contribution in [1.29, 1.82) is 0 Å². The highest BCUT2D eigenvalue weighted by molar-refractivity contribution is 5.96. The van der Waals surface area contributed by atoms with Gasteiger partial charge in [-0.1, -0.05) is 48.5 Å². The van der Waals surface area contributed by atoms with E-state index in [-0.39, 0.29) is 23.7 Å². The molecule has 1 N–H and O–H groups in total. The second kappa shape index (κ2) is 9.25. The third-order valence-corrected chi connectivity index (χ3v) is 6.38. The first kappa shape index (κ1) is 19.7. The van der Waals surface area contributed by atoms with Gasteiger partial charge in [-0.15, -0.1) is 0 Å². The van der Waals surface area contributed by atoms with Crippen LogP contribution in [0.5, 0.6) is 0 Å². The van der Waals surface area contributed by atoms with Gasteiger partial charge in [0, 0.05) is 30.6 Å². The smallest absolute Gasteiger partial charge is 0.230 e. The Bertz CT molecular complexity index is 841. The molecule has 1 aliphatic carbocycles. The maximum atomic E-state index is 13.1. The molecule has 2 aromatic rings. The Morgan fingerprint density at radius 3 is 2.38 bits per heavy atom. The molecule has 4 nitrogen and oxygen atoms in total. The molecule has 4 rings (SSSR count). The molecular formula is C25H30N2O2. The van der Waals surface area contributed by atoms with Crippen LogP contribution in [0.1, 0.15) is 43.2 Å². The van der Waals surface area contributed by atoms with Gasteiger partial charge < -0.3 is 10.2 Å². The number of rotatable bonds is 5. The van der Waals surface area contributed by atoms with Gasteiger partial charge in [0.1, 0.15) is 0 Å². The van der Waals surface area contributed by atoms with Crippen molar-refractivity contribution in [1.82, 2.24) is 5.32 Å². The Balaban J connectivity index is 1.26. The lowest BCUT2D eigenvalue weighted by atomic mass is 9.80. The van der Waals surface area contributed by atoms with E-state index in [1.165, 1.54) is 11.1 Å². The van der Waals surface area contributed by atoms with Gasteiger partial charge in [-0.05, 0) is 62.1 Å². The van der Waals surface area contributed by atoms with E-state index in [1.54, 1.807) is 0 Å². The van der Waals surface area contributed by atoms with Crippen molar-refractivity contribution < 1.29 is 9.59 Å². The Labute approximate surface area is 173 Å². The van der Waals surface area contributed by atoms with Crippen LogP contribution in [0, 0.1) is 11.8 Å². The average molecular weight is 391 g/mol. The van der Waals surface area contributed by atoms with E-state index in [0.717, 1.165) is 57.2 Å². The number of hydrogen-bond donors (Lipinski definition) is 1. The maximum Gasteiger partial charge on any atom is 0.230 e. The number of hydrogen-bond acceptors (Lipinski definition) is 2. The lowest BCUT2D eigenvalue weighted by Crippen LogP contribution is -2.42. The van der Waals surface area contributed by atoms with Crippen LogP contribution in [0.2, 0.25) is 0 Å². The summed E-state index contributed by atoms with van der Waals surface area (Å²) in [5, 5.41) is 3.09. The normalized spacial score (nSPS) is 21.3. The van der Waals surface area contributed by atoms with Crippen LogP contribution in [0.3, 0.4) is 0 Å². The van der Waals surface area contributed by atoms with Crippen LogP contribution < -0.4 is 10.2 Å². The van der Waals surface area contributed by atoms with Gasteiger partial charge in [0.05, 0.1) is 0 Å². The summed E-state index contributed by atoms with van der Waals surface area (Å²) in [5.74, 6) is 0.494. The highest BCUT2D eigenvalue weighted by Gasteiger charge is 2.33. The fourth-order valence-electron chi connectivity index (χ4n) is 4.70. The van der Waals surface area contributed by atoms with Crippen molar-refractivity contribution >= 4 is 17.5 Å². The molecule has 152 valence electrons. The van der Waals surface area contributed by atoms with Crippen LogP contribution >= 0.6 is 0 Å². The average Bonchev–Trinajstić information content (AvgIpc) is 2.79. The predicted molar refractivity (Wildman–Crippen MR) is 116 cm³/mol. The molecule has 2 amide bonds. The quantitative estimate of drug-likeness (QED) is 0.834. The third-order valence-electron chi connectivity index (χ3n) is 6.38. The summed E-state index contributed by atoms with van der Waals surface area (Å²) in [6.45, 7) is 1.49. The van der Waals surface area contributed by atoms with Gasteiger partial charge in [-0.25, -0.2) is 0 Å². The Hall–Kier alpha value is -2.62. The van der Waals surface area contributed by atoms with Gasteiger partial charge in [0.15, 0.2) is 0 Å². The van der Waals surface area contributed by atoms with Crippen molar-refractivity contribution in [3.63, 3.8) is 0 Å². The Kier molecular flexibility index (Phi) is 6.28. The van der Waals surface area contributed by atoms with Gasteiger partial charge in [0.2, 0.25) is 11.8 Å². The first-order chi connectivity index (χ1) is 14.2. The van der Waals surface area contributed by atoms with Crippen LogP contribution in [0.25, 0.3) is 0 Å². The molecule has 1 aliphatic heterocycles. The van der Waals surface area contributed by atoms with E-state index in [0.29, 0.717) is 6.54 Å². The standard InChI is InChI=1S/C25H30N2O2/c28-24(26-17-16-19-7-2-1-3-8-19)21-12-14-22(15-13-21)25(29)27-18-6-10-20-9-4-5-11-23(20)27/h1-5,7-9,11,21-22H,6,10,12-18H2,(H,26,28). The second-order valence-corrected chi connectivity index (χ2v) is 8.30. The number of nitrogens with one attached hydrogen (secondary N) is 1. The highest BCUT2D eigenvalue weighted by atomic mass is 16.2. The molecule has 0 bridgehead atoms. The van der Waals surface area contributed by atoms with E-state index in [2.05, 4.69) is 35.6 Å². The summed E-state index contributed by atoms with van der Waals surface area (Å²) in [6.07, 6.45) is 6.18. The number of para-hydroxylation sites is 1. The summed E-state index contributed by atoms with van der Waals surface area (Å²) in [6, 6.07) is 18.5. The van der Waals surface area contributed by atoms with Crippen molar-refractivity contribution in [2.45, 2.75) is 44.9 Å². The predicted octanol–water partition coefficient (Wildman–Crippen LogP) is 4.13. The largest absolute Gasteiger partial charge is 0.356 e. The number of amides is 2. The molecule has 1 fully saturated rings. The number of benzene rings is 2. The number of carbonyl (C=O) groups excluding carboxylic acids is 2. The molecule has 0 aromatic heterocycles. The molecule has 0 atom stereocenters. The minimum absolute atomic E-state index is 0.0449. The zero-order chi connectivity index (χ0) is 20.1. The van der Waals surface area contributed by atoms with E-state index < -0.39 is 0 Å². The third kappa shape index (κ3) is 4.69. The van der Waals surface area contributed by atoms with Crippen LogP contribution in [0.15, 0.2) is 54.6 Å². The molecule has 29 heavy (non-hydrogen) atoms. The minimum Gasteiger partial charge on any atom is -0.356 e. The molecule has 0 saturated heterocycles. The van der Waals surface area contributed by atoms with Gasteiger partial charge in [-0.2, -0.15) is 0 Å². The lowest BCUT2D eigenvalue weighted by Gasteiger charge is -2.35. The van der Waals surface area contributed by atoms with Crippen molar-refractivity contribution in [2.24, 2.45) is 11.8 Å². The van der Waals surface area contributed by atoms with E-state index in [9.17, 15) is 9.59 Å². The second-order valence-electron chi connectivity index (χ2n) is 8.30. The highest BCUT2D eigenvalue weighted by Crippen LogP contribution is 2.34. The molecular weight excluding hydrogens is 360 g/mol. The van der Waals surface area contributed by atoms with Gasteiger partial charge in [-0.3, -0.25) is 9.59 Å². The fourth-order valence-corrected chi connectivity index (χ4v) is 4.70. The SMILES string of the molecule is O=C(NCCc1ccccc1)C1CCC(C(=O)N2CCCc3ccccc32)CC1. The van der Waals surface area contributed by atoms with Gasteiger partial charge in [0.25, 0.3) is 0 Å². The Morgan fingerprint density at radius 1 is 0.897 bits per heavy atom. The summed E-state index contributed by atoms with van der Waals surface area (Å²) < 4.78 is 0. The maximum absolute atomic E-state index is 13.1. The number of carbonyl (C=O) groups is 2. The first-order valence-electron chi connectivity index (χ1n) is 10.9. The molecule has 1 saturated carbocycles. The molecule has 1 heterocycles. The monoisotopic (exact) mass is 390 g/mol. The van der Waals surface area contributed by atoms with E-state index in [1.807, 2.05) is 29.2 Å². The van der Waals surface area contributed by atoms with Crippen LogP contribution in [-0.4, -0.2) is 24.9 Å². The zero-order valence-electron chi connectivity index (χ0n) is 17.0. The van der Waals surface area contributed by atoms with Crippen molar-refractivity contribution in [2.75, 3.05) is 18.0 Å². The van der Waals surface area contributed by atoms with E-state index >= 15 is 0 Å². The summed E-state index contributed by atoms with van der Waals surface area (Å²) in [5.41, 5.74) is 3.60. The number of fused-ring (bicyclic) bond motifs is 1. The van der Waals surface area contributed by atoms with Crippen molar-refractivity contribution in [3.8, 4) is 0 Å².